The first-order valence-electron chi connectivity index (χ1n) is 6.70. The van der Waals surface area contributed by atoms with Crippen LogP contribution in [0.15, 0.2) is 29.5 Å². The number of H-pyrrole nitrogens is 1. The third-order valence-corrected chi connectivity index (χ3v) is 4.13. The van der Waals surface area contributed by atoms with Crippen molar-refractivity contribution < 1.29 is 0 Å². The molecule has 0 radical (unpaired) electrons. The number of nitrogens with one attached hydrogen (secondary N) is 2. The van der Waals surface area contributed by atoms with Gasteiger partial charge in [0.1, 0.15) is 5.01 Å². The number of rotatable bonds is 5. The predicted octanol–water partition coefficient (Wildman–Crippen LogP) is 2.24. The van der Waals surface area contributed by atoms with Gasteiger partial charge in [0.15, 0.2) is 5.96 Å². The Kier molecular flexibility index (Phi) is 5.17. The van der Waals surface area contributed by atoms with Crippen molar-refractivity contribution >= 4 is 17.3 Å². The van der Waals surface area contributed by atoms with Crippen LogP contribution < -0.4 is 5.32 Å². The molecule has 5 nitrogen and oxygen atoms in total. The van der Waals surface area contributed by atoms with E-state index in [1.54, 1.807) is 18.4 Å². The van der Waals surface area contributed by atoms with Crippen LogP contribution in [-0.4, -0.2) is 34.9 Å². The zero-order valence-corrected chi connectivity index (χ0v) is 13.0. The number of hydrogen-bond acceptors (Lipinski definition) is 3. The highest BCUT2D eigenvalue weighted by molar-refractivity contribution is 7.11. The molecule has 0 aliphatic rings. The fourth-order valence-corrected chi connectivity index (χ4v) is 2.73. The normalized spacial score (nSPS) is 11.7. The summed E-state index contributed by atoms with van der Waals surface area (Å²) in [5.74, 6) is 0.868. The molecule has 0 saturated carbocycles. The first kappa shape index (κ1) is 14.6. The number of thiazole rings is 1. The molecule has 108 valence electrons. The Hall–Kier alpha value is -1.82. The van der Waals surface area contributed by atoms with E-state index in [-0.39, 0.29) is 0 Å². The molecule has 2 rings (SSSR count). The Morgan fingerprint density at radius 3 is 3.00 bits per heavy atom. The van der Waals surface area contributed by atoms with Crippen LogP contribution >= 0.6 is 11.3 Å². The smallest absolute Gasteiger partial charge is 0.194 e. The van der Waals surface area contributed by atoms with Gasteiger partial charge in [0.2, 0.25) is 0 Å². The summed E-state index contributed by atoms with van der Waals surface area (Å²) in [5, 5.41) is 4.44. The van der Waals surface area contributed by atoms with Crippen molar-refractivity contribution in [3.05, 3.63) is 40.1 Å². The topological polar surface area (TPSA) is 56.3 Å². The Bertz CT molecular complexity index is 544. The largest absolute Gasteiger partial charge is 0.364 e. The molecule has 2 heterocycles. The number of hydrogen-bond donors (Lipinski definition) is 2. The lowest BCUT2D eigenvalue weighted by molar-refractivity contribution is 0.471. The summed E-state index contributed by atoms with van der Waals surface area (Å²) in [4.78, 5) is 15.3. The van der Waals surface area contributed by atoms with Crippen LogP contribution in [0.4, 0.5) is 0 Å². The number of guanidine groups is 1. The summed E-state index contributed by atoms with van der Waals surface area (Å²) in [5.41, 5.74) is 1.16. The van der Waals surface area contributed by atoms with Crippen LogP contribution in [0, 0.1) is 0 Å². The van der Waals surface area contributed by atoms with Crippen molar-refractivity contribution in [3.8, 4) is 0 Å². The number of aryl methyl sites for hydroxylation is 1. The molecule has 20 heavy (non-hydrogen) atoms. The third kappa shape index (κ3) is 3.84. The van der Waals surface area contributed by atoms with Crippen LogP contribution in [0.25, 0.3) is 0 Å². The minimum absolute atomic E-state index is 0.715. The summed E-state index contributed by atoms with van der Waals surface area (Å²) in [7, 11) is 3.82. The van der Waals surface area contributed by atoms with Gasteiger partial charge in [-0.05, 0) is 18.6 Å². The van der Waals surface area contributed by atoms with E-state index in [9.17, 15) is 0 Å². The van der Waals surface area contributed by atoms with Crippen LogP contribution in [0.3, 0.4) is 0 Å². The summed E-state index contributed by atoms with van der Waals surface area (Å²) in [6.45, 7) is 3.66. The third-order valence-electron chi connectivity index (χ3n) is 2.99. The quantitative estimate of drug-likeness (QED) is 0.656. The maximum Gasteiger partial charge on any atom is 0.194 e. The molecule has 0 aromatic carbocycles. The van der Waals surface area contributed by atoms with E-state index >= 15 is 0 Å². The molecular formula is C14H21N5S. The van der Waals surface area contributed by atoms with Crippen molar-refractivity contribution in [2.75, 3.05) is 14.1 Å². The van der Waals surface area contributed by atoms with Crippen molar-refractivity contribution in [2.24, 2.45) is 4.99 Å². The van der Waals surface area contributed by atoms with Gasteiger partial charge < -0.3 is 15.2 Å². The van der Waals surface area contributed by atoms with Gasteiger partial charge in [-0.3, -0.25) is 4.99 Å². The molecule has 0 bridgehead atoms. The van der Waals surface area contributed by atoms with Crippen LogP contribution in [0.5, 0.6) is 0 Å². The van der Waals surface area contributed by atoms with E-state index < -0.39 is 0 Å². The summed E-state index contributed by atoms with van der Waals surface area (Å²) < 4.78 is 0. The summed E-state index contributed by atoms with van der Waals surface area (Å²) in [6, 6.07) is 4.07. The molecule has 0 atom stereocenters. The lowest BCUT2D eigenvalue weighted by Gasteiger charge is -2.21. The zero-order chi connectivity index (χ0) is 14.4. The zero-order valence-electron chi connectivity index (χ0n) is 12.2. The molecule has 2 N–H and O–H groups in total. The van der Waals surface area contributed by atoms with Crippen LogP contribution in [0.1, 0.15) is 22.5 Å². The van der Waals surface area contributed by atoms with E-state index in [4.69, 9.17) is 0 Å². The fraction of sp³-hybridized carbons (Fsp3) is 0.429. The van der Waals surface area contributed by atoms with Crippen LogP contribution in [0.2, 0.25) is 0 Å². The monoisotopic (exact) mass is 291 g/mol. The number of aliphatic imine (C=N–C) groups is 1. The number of nitrogens with zero attached hydrogens (tertiary/aromatic N) is 3. The van der Waals surface area contributed by atoms with Gasteiger partial charge in [-0.2, -0.15) is 0 Å². The van der Waals surface area contributed by atoms with E-state index in [0.717, 1.165) is 29.6 Å². The molecule has 0 amide bonds. The van der Waals surface area contributed by atoms with Gasteiger partial charge in [-0.25, -0.2) is 4.98 Å². The lowest BCUT2D eigenvalue weighted by Crippen LogP contribution is -2.38. The van der Waals surface area contributed by atoms with Gasteiger partial charge in [0.05, 0.1) is 13.1 Å². The lowest BCUT2D eigenvalue weighted by atomic mass is 10.4. The summed E-state index contributed by atoms with van der Waals surface area (Å²) in [6.07, 6.45) is 4.92. The molecule has 6 heteroatoms. The first-order valence-corrected chi connectivity index (χ1v) is 7.52. The van der Waals surface area contributed by atoms with Crippen molar-refractivity contribution in [2.45, 2.75) is 26.4 Å². The molecule has 0 unspecified atom stereocenters. The van der Waals surface area contributed by atoms with Crippen molar-refractivity contribution in [1.82, 2.24) is 20.2 Å². The van der Waals surface area contributed by atoms with Gasteiger partial charge in [-0.15, -0.1) is 11.3 Å². The van der Waals surface area contributed by atoms with Crippen molar-refractivity contribution in [3.63, 3.8) is 0 Å². The Morgan fingerprint density at radius 2 is 2.40 bits per heavy atom. The standard InChI is InChI=1S/C14H21N5S/c1-4-12-8-17-13(20-12)9-18-14(15-2)19(3)10-11-6-5-7-16-11/h5-8,16H,4,9-10H2,1-3H3,(H,15,18). The number of aromatic amines is 1. The highest BCUT2D eigenvalue weighted by atomic mass is 32.1. The molecule has 0 spiro atoms. The molecule has 0 aliphatic carbocycles. The number of aromatic nitrogens is 2. The first-order chi connectivity index (χ1) is 9.72. The Balaban J connectivity index is 1.88. The average molecular weight is 291 g/mol. The van der Waals surface area contributed by atoms with Crippen molar-refractivity contribution in [1.29, 1.82) is 0 Å². The molecule has 0 aliphatic heterocycles. The molecule has 0 fully saturated rings. The van der Waals surface area contributed by atoms with E-state index in [1.165, 1.54) is 4.88 Å². The molecule has 0 saturated heterocycles. The minimum atomic E-state index is 0.715. The molecule has 2 aromatic heterocycles. The second-order valence-corrected chi connectivity index (χ2v) is 5.73. The van der Waals surface area contributed by atoms with Gasteiger partial charge in [0.25, 0.3) is 0 Å². The SMILES string of the molecule is CCc1cnc(CNC(=NC)N(C)Cc2ccc[nH]2)s1. The highest BCUT2D eigenvalue weighted by Crippen LogP contribution is 2.13. The van der Waals surface area contributed by atoms with Crippen LogP contribution in [-0.2, 0) is 19.5 Å². The molecular weight excluding hydrogens is 270 g/mol. The minimum Gasteiger partial charge on any atom is -0.364 e. The maximum absolute atomic E-state index is 4.40. The summed E-state index contributed by atoms with van der Waals surface area (Å²) >= 11 is 1.75. The predicted molar refractivity (Wildman–Crippen MR) is 84.0 cm³/mol. The second-order valence-electron chi connectivity index (χ2n) is 4.53. The second kappa shape index (κ2) is 7.09. The van der Waals surface area contributed by atoms with E-state index in [2.05, 4.69) is 38.2 Å². The van der Waals surface area contributed by atoms with E-state index in [0.29, 0.717) is 6.54 Å². The Labute approximate surface area is 123 Å². The fourth-order valence-electron chi connectivity index (χ4n) is 1.93. The molecule has 2 aromatic rings. The van der Waals surface area contributed by atoms with Gasteiger partial charge in [0, 0.05) is 37.1 Å². The Morgan fingerprint density at radius 1 is 1.55 bits per heavy atom. The highest BCUT2D eigenvalue weighted by Gasteiger charge is 2.08. The maximum atomic E-state index is 4.40. The van der Waals surface area contributed by atoms with Gasteiger partial charge >= 0.3 is 0 Å². The van der Waals surface area contributed by atoms with Gasteiger partial charge in [-0.1, -0.05) is 6.92 Å². The van der Waals surface area contributed by atoms with E-state index in [1.807, 2.05) is 25.5 Å². The average Bonchev–Trinajstić information content (AvgIpc) is 3.10.